The first-order chi connectivity index (χ1) is 9.61. The van der Waals surface area contributed by atoms with Crippen molar-refractivity contribution < 1.29 is 9.32 Å². The molecule has 2 heterocycles. The van der Waals surface area contributed by atoms with Crippen LogP contribution in [0.4, 0.5) is 5.69 Å². The average Bonchev–Trinajstić information content (AvgIpc) is 2.97. The van der Waals surface area contributed by atoms with E-state index in [1.165, 1.54) is 6.39 Å². The normalized spacial score (nSPS) is 10.6. The van der Waals surface area contributed by atoms with Gasteiger partial charge in [0.2, 0.25) is 6.39 Å². The Morgan fingerprint density at radius 2 is 2.20 bits per heavy atom. The number of carbonyl (C=O) groups excluding carboxylic acids is 1. The van der Waals surface area contributed by atoms with Crippen LogP contribution in [0.1, 0.15) is 41.9 Å². The minimum atomic E-state index is -0.316. The average molecular weight is 276 g/mol. The fraction of sp³-hybridized carbons (Fsp3) is 0.417. The van der Waals surface area contributed by atoms with Gasteiger partial charge >= 0.3 is 0 Å². The summed E-state index contributed by atoms with van der Waals surface area (Å²) in [5.41, 5.74) is 0.870. The molecule has 0 spiro atoms. The van der Waals surface area contributed by atoms with E-state index < -0.39 is 0 Å². The summed E-state index contributed by atoms with van der Waals surface area (Å²) in [7, 11) is 1.71. The zero-order chi connectivity index (χ0) is 14.5. The van der Waals surface area contributed by atoms with Gasteiger partial charge in [-0.2, -0.15) is 4.98 Å². The predicted octanol–water partition coefficient (Wildman–Crippen LogP) is 0.955. The summed E-state index contributed by atoms with van der Waals surface area (Å²) < 4.78 is 4.60. The van der Waals surface area contributed by atoms with Crippen molar-refractivity contribution in [2.24, 2.45) is 0 Å². The van der Waals surface area contributed by atoms with E-state index in [1.54, 1.807) is 13.2 Å². The summed E-state index contributed by atoms with van der Waals surface area (Å²) in [4.78, 5) is 24.5. The first-order valence-corrected chi connectivity index (χ1v) is 6.20. The predicted molar refractivity (Wildman–Crippen MR) is 71.1 cm³/mol. The number of nitrogens with one attached hydrogen (secondary N) is 2. The van der Waals surface area contributed by atoms with E-state index in [4.69, 9.17) is 0 Å². The minimum Gasteiger partial charge on any atom is -0.385 e. The molecule has 0 radical (unpaired) electrons. The highest BCUT2D eigenvalue weighted by molar-refractivity contribution is 5.97. The molecule has 0 saturated carbocycles. The molecule has 20 heavy (non-hydrogen) atoms. The van der Waals surface area contributed by atoms with E-state index in [0.29, 0.717) is 23.0 Å². The van der Waals surface area contributed by atoms with Gasteiger partial charge in [-0.1, -0.05) is 19.0 Å². The SMILES string of the molecule is CNc1cnc(C(C)C)nc1C(=O)NCc1ncon1. The number of carbonyl (C=O) groups is 1. The molecule has 0 saturated heterocycles. The van der Waals surface area contributed by atoms with Gasteiger partial charge in [0, 0.05) is 13.0 Å². The van der Waals surface area contributed by atoms with Crippen molar-refractivity contribution >= 4 is 11.6 Å². The van der Waals surface area contributed by atoms with Gasteiger partial charge < -0.3 is 15.2 Å². The Labute approximate surface area is 116 Å². The Hall–Kier alpha value is -2.51. The van der Waals surface area contributed by atoms with Crippen molar-refractivity contribution in [3.05, 3.63) is 29.9 Å². The number of anilines is 1. The fourth-order valence-corrected chi connectivity index (χ4v) is 1.54. The summed E-state index contributed by atoms with van der Waals surface area (Å²) in [5, 5.41) is 9.21. The lowest BCUT2D eigenvalue weighted by Gasteiger charge is -2.10. The second-order valence-electron chi connectivity index (χ2n) is 4.43. The van der Waals surface area contributed by atoms with E-state index in [9.17, 15) is 4.79 Å². The molecule has 2 aromatic heterocycles. The molecular formula is C12H16N6O2. The lowest BCUT2D eigenvalue weighted by molar-refractivity contribution is 0.0945. The molecule has 0 aromatic carbocycles. The molecule has 2 rings (SSSR count). The minimum absolute atomic E-state index is 0.143. The Morgan fingerprint density at radius 3 is 2.80 bits per heavy atom. The molecular weight excluding hydrogens is 260 g/mol. The molecule has 2 aromatic rings. The first-order valence-electron chi connectivity index (χ1n) is 6.20. The molecule has 0 aliphatic rings. The van der Waals surface area contributed by atoms with Gasteiger partial charge in [-0.15, -0.1) is 0 Å². The van der Waals surface area contributed by atoms with Crippen LogP contribution in [0.2, 0.25) is 0 Å². The van der Waals surface area contributed by atoms with Crippen LogP contribution in [-0.2, 0) is 6.54 Å². The lowest BCUT2D eigenvalue weighted by atomic mass is 10.2. The van der Waals surface area contributed by atoms with E-state index in [2.05, 4.69) is 35.3 Å². The van der Waals surface area contributed by atoms with Crippen LogP contribution >= 0.6 is 0 Å². The van der Waals surface area contributed by atoms with Crippen molar-refractivity contribution in [2.45, 2.75) is 26.3 Å². The van der Waals surface area contributed by atoms with Crippen LogP contribution in [0.5, 0.6) is 0 Å². The van der Waals surface area contributed by atoms with Gasteiger partial charge in [-0.25, -0.2) is 9.97 Å². The Kier molecular flexibility index (Phi) is 4.24. The zero-order valence-corrected chi connectivity index (χ0v) is 11.5. The van der Waals surface area contributed by atoms with E-state index >= 15 is 0 Å². The van der Waals surface area contributed by atoms with Crippen LogP contribution in [0.25, 0.3) is 0 Å². The molecule has 0 atom stereocenters. The maximum absolute atomic E-state index is 12.2. The van der Waals surface area contributed by atoms with Gasteiger partial charge in [0.1, 0.15) is 5.82 Å². The third-order valence-corrected chi connectivity index (χ3v) is 2.62. The van der Waals surface area contributed by atoms with E-state index in [1.807, 2.05) is 13.8 Å². The molecule has 8 nitrogen and oxygen atoms in total. The summed E-state index contributed by atoms with van der Waals surface area (Å²) in [5.74, 6) is 0.851. The Balaban J connectivity index is 2.16. The summed E-state index contributed by atoms with van der Waals surface area (Å²) in [6.45, 7) is 4.12. The number of rotatable bonds is 5. The first kappa shape index (κ1) is 13.9. The summed E-state index contributed by atoms with van der Waals surface area (Å²) >= 11 is 0. The Bertz CT molecular complexity index is 582. The highest BCUT2D eigenvalue weighted by Crippen LogP contribution is 2.15. The second kappa shape index (κ2) is 6.09. The van der Waals surface area contributed by atoms with E-state index in [0.717, 1.165) is 0 Å². The number of nitrogens with zero attached hydrogens (tertiary/aromatic N) is 4. The van der Waals surface area contributed by atoms with Gasteiger partial charge in [0.25, 0.3) is 5.91 Å². The molecule has 0 unspecified atom stereocenters. The van der Waals surface area contributed by atoms with Crippen LogP contribution < -0.4 is 10.6 Å². The van der Waals surface area contributed by atoms with Gasteiger partial charge in [0.05, 0.1) is 18.4 Å². The van der Waals surface area contributed by atoms with Crippen molar-refractivity contribution in [3.8, 4) is 0 Å². The highest BCUT2D eigenvalue weighted by Gasteiger charge is 2.16. The molecule has 8 heteroatoms. The molecule has 0 fully saturated rings. The van der Waals surface area contributed by atoms with Gasteiger partial charge in [-0.3, -0.25) is 4.79 Å². The lowest BCUT2D eigenvalue weighted by Crippen LogP contribution is -2.26. The van der Waals surface area contributed by atoms with Crippen LogP contribution in [0, 0.1) is 0 Å². The van der Waals surface area contributed by atoms with Crippen molar-refractivity contribution in [1.82, 2.24) is 25.4 Å². The summed E-state index contributed by atoms with van der Waals surface area (Å²) in [6, 6.07) is 0. The molecule has 0 aliphatic carbocycles. The maximum Gasteiger partial charge on any atom is 0.272 e. The molecule has 0 aliphatic heterocycles. The Morgan fingerprint density at radius 1 is 1.40 bits per heavy atom. The van der Waals surface area contributed by atoms with Crippen molar-refractivity contribution in [1.29, 1.82) is 0 Å². The van der Waals surface area contributed by atoms with Crippen LogP contribution in [-0.4, -0.2) is 33.1 Å². The number of amides is 1. The third kappa shape index (κ3) is 3.08. The van der Waals surface area contributed by atoms with E-state index in [-0.39, 0.29) is 18.4 Å². The third-order valence-electron chi connectivity index (χ3n) is 2.62. The van der Waals surface area contributed by atoms with Gasteiger partial charge in [-0.05, 0) is 0 Å². The maximum atomic E-state index is 12.2. The smallest absolute Gasteiger partial charge is 0.272 e. The molecule has 2 N–H and O–H groups in total. The zero-order valence-electron chi connectivity index (χ0n) is 11.5. The molecule has 0 bridgehead atoms. The standard InChI is InChI=1S/C12H16N6O2/c1-7(2)11-14-4-8(13-3)10(17-11)12(19)15-5-9-16-6-20-18-9/h4,6-7,13H,5H2,1-3H3,(H,15,19). The topological polar surface area (TPSA) is 106 Å². The van der Waals surface area contributed by atoms with Crippen molar-refractivity contribution in [3.63, 3.8) is 0 Å². The number of aromatic nitrogens is 4. The van der Waals surface area contributed by atoms with Gasteiger partial charge in [0.15, 0.2) is 11.5 Å². The fourth-order valence-electron chi connectivity index (χ4n) is 1.54. The second-order valence-corrected chi connectivity index (χ2v) is 4.43. The number of hydrogen-bond acceptors (Lipinski definition) is 7. The quantitative estimate of drug-likeness (QED) is 0.837. The van der Waals surface area contributed by atoms with Crippen LogP contribution in [0.3, 0.4) is 0 Å². The molecule has 106 valence electrons. The monoisotopic (exact) mass is 276 g/mol. The van der Waals surface area contributed by atoms with Crippen molar-refractivity contribution in [2.75, 3.05) is 12.4 Å². The number of hydrogen-bond donors (Lipinski definition) is 2. The highest BCUT2D eigenvalue weighted by atomic mass is 16.5. The molecule has 1 amide bonds. The summed E-state index contributed by atoms with van der Waals surface area (Å²) in [6.07, 6.45) is 2.81. The van der Waals surface area contributed by atoms with Crippen LogP contribution in [0.15, 0.2) is 17.1 Å². The largest absolute Gasteiger partial charge is 0.385 e.